The van der Waals surface area contributed by atoms with Crippen LogP contribution in [0.1, 0.15) is 54.9 Å². The van der Waals surface area contributed by atoms with Gasteiger partial charge in [0.25, 0.3) is 5.91 Å². The lowest BCUT2D eigenvalue weighted by Crippen LogP contribution is -2.53. The highest BCUT2D eigenvalue weighted by atomic mass is 16.5. The van der Waals surface area contributed by atoms with Gasteiger partial charge in [-0.3, -0.25) is 28.8 Å². The number of nitrogens with zero attached hydrogens (tertiary/aromatic N) is 3. The number of carboxylic acid groups (broad SMARTS) is 1. The summed E-state index contributed by atoms with van der Waals surface area (Å²) in [5.74, 6) is -4.50. The largest absolute Gasteiger partial charge is 0.480 e. The molecule has 17 heteroatoms. The molecular weight excluding hydrogens is 759 g/mol. The Morgan fingerprint density at radius 3 is 1.71 bits per heavy atom. The summed E-state index contributed by atoms with van der Waals surface area (Å²) < 4.78 is 7.32. The first-order valence-corrected chi connectivity index (χ1v) is 19.2. The Kier molecular flexibility index (Phi) is 16.8. The van der Waals surface area contributed by atoms with Gasteiger partial charge in [-0.25, -0.2) is 4.68 Å². The van der Waals surface area contributed by atoms with E-state index < -0.39 is 84.5 Å². The van der Waals surface area contributed by atoms with Crippen LogP contribution in [0.15, 0.2) is 97.2 Å². The lowest BCUT2D eigenvalue weighted by Gasteiger charge is -2.29. The second-order valence-corrected chi connectivity index (χ2v) is 15.0. The van der Waals surface area contributed by atoms with E-state index in [0.29, 0.717) is 12.0 Å². The Hall–Kier alpha value is -6.46. The minimum absolute atomic E-state index is 0.0607. The molecule has 1 aromatic heterocycles. The molecule has 3 aromatic carbocycles. The number of amides is 5. The van der Waals surface area contributed by atoms with Gasteiger partial charge in [0, 0.05) is 12.8 Å². The molecule has 0 aliphatic rings. The second kappa shape index (κ2) is 21.9. The molecule has 1 heterocycles. The van der Waals surface area contributed by atoms with Crippen molar-refractivity contribution >= 4 is 35.5 Å². The molecule has 59 heavy (non-hydrogen) atoms. The van der Waals surface area contributed by atoms with Crippen LogP contribution in [-0.4, -0.2) is 105 Å². The van der Waals surface area contributed by atoms with Crippen molar-refractivity contribution in [3.05, 3.63) is 120 Å². The number of carboxylic acids is 1. The van der Waals surface area contributed by atoms with Gasteiger partial charge >= 0.3 is 5.97 Å². The zero-order valence-corrected chi connectivity index (χ0v) is 33.6. The van der Waals surface area contributed by atoms with Gasteiger partial charge in [0.15, 0.2) is 5.69 Å². The lowest BCUT2D eigenvalue weighted by molar-refractivity contribution is -0.138. The first-order chi connectivity index (χ1) is 28.1. The van der Waals surface area contributed by atoms with Crippen LogP contribution in [0.25, 0.3) is 0 Å². The fraction of sp³-hybridized carbons (Fsp3) is 0.381. The predicted molar refractivity (Wildman–Crippen MR) is 218 cm³/mol. The molecule has 4 rings (SSSR count). The first kappa shape index (κ1) is 45.2. The molecule has 5 atom stereocenters. The van der Waals surface area contributed by atoms with Crippen molar-refractivity contribution in [1.82, 2.24) is 41.6 Å². The number of nitrogens with two attached hydrogens (primary N) is 1. The van der Waals surface area contributed by atoms with Gasteiger partial charge in [0.1, 0.15) is 24.7 Å². The van der Waals surface area contributed by atoms with Crippen molar-refractivity contribution in [3.63, 3.8) is 0 Å². The van der Waals surface area contributed by atoms with E-state index >= 15 is 0 Å². The van der Waals surface area contributed by atoms with E-state index in [1.165, 1.54) is 10.9 Å². The van der Waals surface area contributed by atoms with Crippen LogP contribution in [0.4, 0.5) is 0 Å². The number of rotatable bonds is 21. The summed E-state index contributed by atoms with van der Waals surface area (Å²) in [6.45, 7) is 6.31. The molecule has 314 valence electrons. The Labute approximate surface area is 342 Å². The van der Waals surface area contributed by atoms with Crippen molar-refractivity contribution in [1.29, 1.82) is 0 Å². The van der Waals surface area contributed by atoms with Crippen molar-refractivity contribution in [2.24, 2.45) is 5.73 Å². The number of carbonyl (C=O) groups excluding carboxylic acids is 5. The topological polar surface area (TPSA) is 249 Å². The van der Waals surface area contributed by atoms with Gasteiger partial charge < -0.3 is 42.2 Å². The van der Waals surface area contributed by atoms with Crippen LogP contribution in [-0.2, 0) is 54.5 Å². The summed E-state index contributed by atoms with van der Waals surface area (Å²) in [5, 5.41) is 30.2. The smallest absolute Gasteiger partial charge is 0.322 e. The quantitative estimate of drug-likeness (QED) is 0.0624. The number of benzene rings is 3. The molecule has 0 spiro atoms. The molecular formula is C42H53N9O8. The van der Waals surface area contributed by atoms with Crippen LogP contribution in [0.5, 0.6) is 0 Å². The average molecular weight is 812 g/mol. The summed E-state index contributed by atoms with van der Waals surface area (Å²) in [6.07, 6.45) is 1.38. The SMILES string of the molecule is CC(OC(C)(C)C)[C@H](N)C(=O)N[C@@H](Cc1ccccc1)Cn1cc(C(=O)N[C@@H](Cc2ccccc2)C(=O)NCC(=O)N[C@@H](Cc2ccccc2)C(=O)NCC(=O)O)nn1. The summed E-state index contributed by atoms with van der Waals surface area (Å²) in [4.78, 5) is 77.3. The van der Waals surface area contributed by atoms with Crippen LogP contribution >= 0.6 is 0 Å². The predicted octanol–water partition coefficient (Wildman–Crippen LogP) is 0.922. The van der Waals surface area contributed by atoms with Crippen LogP contribution in [0.3, 0.4) is 0 Å². The molecule has 0 saturated carbocycles. The van der Waals surface area contributed by atoms with E-state index in [-0.39, 0.29) is 25.1 Å². The van der Waals surface area contributed by atoms with Crippen molar-refractivity contribution < 1.29 is 38.6 Å². The lowest BCUT2D eigenvalue weighted by atomic mass is 10.0. The zero-order chi connectivity index (χ0) is 43.0. The first-order valence-electron chi connectivity index (χ1n) is 19.2. The molecule has 0 aliphatic heterocycles. The Morgan fingerprint density at radius 2 is 1.20 bits per heavy atom. The second-order valence-electron chi connectivity index (χ2n) is 15.0. The number of hydrogen-bond donors (Lipinski definition) is 7. The molecule has 8 N–H and O–H groups in total. The van der Waals surface area contributed by atoms with E-state index in [1.807, 2.05) is 51.1 Å². The van der Waals surface area contributed by atoms with E-state index in [0.717, 1.165) is 11.1 Å². The molecule has 0 radical (unpaired) electrons. The van der Waals surface area contributed by atoms with Crippen molar-refractivity contribution in [3.8, 4) is 0 Å². The number of hydrogen-bond acceptors (Lipinski definition) is 10. The average Bonchev–Trinajstić information content (AvgIpc) is 3.67. The van der Waals surface area contributed by atoms with Gasteiger partial charge in [-0.05, 0) is 50.8 Å². The van der Waals surface area contributed by atoms with Gasteiger partial charge in [0.05, 0.1) is 37.0 Å². The zero-order valence-electron chi connectivity index (χ0n) is 33.6. The third-order valence-electron chi connectivity index (χ3n) is 8.87. The third kappa shape index (κ3) is 15.8. The number of nitrogens with one attached hydrogen (secondary N) is 5. The molecule has 1 unspecified atom stereocenters. The van der Waals surface area contributed by atoms with Gasteiger partial charge in [-0.1, -0.05) is 96.2 Å². The van der Waals surface area contributed by atoms with Crippen molar-refractivity contribution in [2.75, 3.05) is 13.1 Å². The van der Waals surface area contributed by atoms with E-state index in [9.17, 15) is 28.8 Å². The summed E-state index contributed by atoms with van der Waals surface area (Å²) >= 11 is 0. The van der Waals surface area contributed by atoms with Gasteiger partial charge in [-0.2, -0.15) is 0 Å². The fourth-order valence-corrected chi connectivity index (χ4v) is 6.09. The summed E-state index contributed by atoms with van der Waals surface area (Å²) in [5.41, 5.74) is 8.05. The molecule has 5 amide bonds. The van der Waals surface area contributed by atoms with Gasteiger partial charge in [-0.15, -0.1) is 5.10 Å². The van der Waals surface area contributed by atoms with Crippen LogP contribution in [0, 0.1) is 0 Å². The molecule has 17 nitrogen and oxygen atoms in total. The maximum atomic E-state index is 13.6. The standard InChI is InChI=1S/C42H53N9O8/c1-27(59-42(2,3)4)37(43)41(58)46-31(20-28-14-8-5-9-15-28)25-51-26-34(49-50-51)40(57)48-33(22-30-18-12-7-13-19-30)39(56)44-23-35(52)47-32(38(55)45-24-36(53)54)21-29-16-10-6-11-17-29/h5-19,26-27,31-33,37H,20-25,43H2,1-4H3,(H,44,56)(H,45,55)(H,46,58)(H,47,52)(H,48,57)(H,53,54)/t27?,31-,32-,33-,37-/m0/s1. The Bertz CT molecular complexity index is 2010. The molecule has 4 aromatic rings. The highest BCUT2D eigenvalue weighted by molar-refractivity contribution is 5.97. The number of ether oxygens (including phenoxy) is 1. The van der Waals surface area contributed by atoms with E-state index in [4.69, 9.17) is 15.6 Å². The third-order valence-corrected chi connectivity index (χ3v) is 8.87. The van der Waals surface area contributed by atoms with Crippen LogP contribution < -0.4 is 32.3 Å². The highest BCUT2D eigenvalue weighted by Gasteiger charge is 2.29. The molecule has 0 fully saturated rings. The number of aromatic nitrogens is 3. The maximum Gasteiger partial charge on any atom is 0.322 e. The molecule has 0 saturated heterocycles. The normalized spacial score (nSPS) is 13.8. The maximum absolute atomic E-state index is 13.6. The van der Waals surface area contributed by atoms with Gasteiger partial charge in [0.2, 0.25) is 23.6 Å². The Balaban J connectivity index is 1.44. The number of carbonyl (C=O) groups is 6. The minimum atomic E-state index is -1.25. The Morgan fingerprint density at radius 1 is 0.712 bits per heavy atom. The monoisotopic (exact) mass is 811 g/mol. The van der Waals surface area contributed by atoms with Crippen molar-refractivity contribution in [2.45, 2.75) is 89.4 Å². The minimum Gasteiger partial charge on any atom is -0.480 e. The molecule has 0 bridgehead atoms. The number of aliphatic carboxylic acids is 1. The molecule has 0 aliphatic carbocycles. The van der Waals surface area contributed by atoms with E-state index in [2.05, 4.69) is 36.9 Å². The fourth-order valence-electron chi connectivity index (χ4n) is 6.09. The van der Waals surface area contributed by atoms with Crippen LogP contribution in [0.2, 0.25) is 0 Å². The highest BCUT2D eigenvalue weighted by Crippen LogP contribution is 2.14. The van der Waals surface area contributed by atoms with E-state index in [1.54, 1.807) is 67.6 Å². The summed E-state index contributed by atoms with van der Waals surface area (Å²) in [7, 11) is 0. The summed E-state index contributed by atoms with van der Waals surface area (Å²) in [6, 6.07) is 23.5.